The van der Waals surface area contributed by atoms with Gasteiger partial charge in [0.15, 0.2) is 0 Å². The minimum Gasteiger partial charge on any atom is -0.381 e. The van der Waals surface area contributed by atoms with Crippen LogP contribution >= 0.6 is 0 Å². The number of hydrogen-bond donors (Lipinski definition) is 1. The second-order valence-corrected chi connectivity index (χ2v) is 4.63. The monoisotopic (exact) mass is 183 g/mol. The van der Waals surface area contributed by atoms with Gasteiger partial charge in [0, 0.05) is 19.3 Å². The van der Waals surface area contributed by atoms with Gasteiger partial charge in [0.25, 0.3) is 0 Å². The molecule has 0 aromatic heterocycles. The summed E-state index contributed by atoms with van der Waals surface area (Å²) in [5, 5.41) is 0. The molecule has 76 valence electrons. The lowest BCUT2D eigenvalue weighted by Gasteiger charge is -2.35. The molecule has 0 aromatic carbocycles. The molecular formula is C11H21NO. The SMILES string of the molecule is NC1CCC1CCC1CCOCC1. The lowest BCUT2D eigenvalue weighted by Crippen LogP contribution is -2.39. The fourth-order valence-corrected chi connectivity index (χ4v) is 2.44. The fourth-order valence-electron chi connectivity index (χ4n) is 2.44. The summed E-state index contributed by atoms with van der Waals surface area (Å²) < 4.78 is 5.34. The van der Waals surface area contributed by atoms with E-state index >= 15 is 0 Å². The van der Waals surface area contributed by atoms with E-state index in [0.717, 1.165) is 25.0 Å². The Bertz CT molecular complexity index is 154. The Hall–Kier alpha value is -0.0800. The zero-order valence-electron chi connectivity index (χ0n) is 8.37. The molecule has 1 aliphatic carbocycles. The second-order valence-electron chi connectivity index (χ2n) is 4.63. The van der Waals surface area contributed by atoms with Gasteiger partial charge in [-0.15, -0.1) is 0 Å². The van der Waals surface area contributed by atoms with E-state index in [-0.39, 0.29) is 0 Å². The highest BCUT2D eigenvalue weighted by Gasteiger charge is 2.27. The van der Waals surface area contributed by atoms with Gasteiger partial charge in [-0.2, -0.15) is 0 Å². The molecule has 13 heavy (non-hydrogen) atoms. The summed E-state index contributed by atoms with van der Waals surface area (Å²) in [5.41, 5.74) is 5.91. The molecule has 2 rings (SSSR count). The Morgan fingerprint density at radius 2 is 1.77 bits per heavy atom. The van der Waals surface area contributed by atoms with Gasteiger partial charge in [-0.05, 0) is 50.4 Å². The normalized spacial score (nSPS) is 35.8. The fraction of sp³-hybridized carbons (Fsp3) is 1.00. The van der Waals surface area contributed by atoms with Crippen LogP contribution in [0.15, 0.2) is 0 Å². The van der Waals surface area contributed by atoms with Crippen LogP contribution in [-0.2, 0) is 4.74 Å². The Kier molecular flexibility index (Phi) is 3.23. The summed E-state index contributed by atoms with van der Waals surface area (Å²) in [5.74, 6) is 1.78. The molecule has 1 heterocycles. The van der Waals surface area contributed by atoms with E-state index in [2.05, 4.69) is 0 Å². The van der Waals surface area contributed by atoms with Gasteiger partial charge in [-0.25, -0.2) is 0 Å². The zero-order chi connectivity index (χ0) is 9.10. The van der Waals surface area contributed by atoms with Crippen molar-refractivity contribution in [3.63, 3.8) is 0 Å². The highest BCUT2D eigenvalue weighted by Crippen LogP contribution is 2.32. The molecule has 2 unspecified atom stereocenters. The third kappa shape index (κ3) is 2.44. The Morgan fingerprint density at radius 3 is 2.31 bits per heavy atom. The predicted molar refractivity (Wildman–Crippen MR) is 53.5 cm³/mol. The van der Waals surface area contributed by atoms with Crippen LogP contribution in [0.2, 0.25) is 0 Å². The van der Waals surface area contributed by atoms with E-state index in [1.807, 2.05) is 0 Å². The molecule has 0 amide bonds. The third-order valence-electron chi connectivity index (χ3n) is 3.76. The van der Waals surface area contributed by atoms with Gasteiger partial charge < -0.3 is 10.5 Å². The first-order valence-corrected chi connectivity index (χ1v) is 5.69. The summed E-state index contributed by atoms with van der Waals surface area (Å²) in [4.78, 5) is 0. The van der Waals surface area contributed by atoms with Crippen molar-refractivity contribution in [3.05, 3.63) is 0 Å². The molecule has 2 aliphatic rings. The van der Waals surface area contributed by atoms with Gasteiger partial charge in [0.2, 0.25) is 0 Å². The van der Waals surface area contributed by atoms with Gasteiger partial charge in [-0.3, -0.25) is 0 Å². The van der Waals surface area contributed by atoms with Crippen LogP contribution in [0.1, 0.15) is 38.5 Å². The molecule has 1 saturated heterocycles. The molecule has 0 aromatic rings. The van der Waals surface area contributed by atoms with Crippen molar-refractivity contribution in [2.45, 2.75) is 44.6 Å². The first-order chi connectivity index (χ1) is 6.36. The summed E-state index contributed by atoms with van der Waals surface area (Å²) in [6.07, 6.45) is 7.96. The molecule has 1 aliphatic heterocycles. The van der Waals surface area contributed by atoms with Gasteiger partial charge in [0.1, 0.15) is 0 Å². The lowest BCUT2D eigenvalue weighted by atomic mass is 9.75. The second kappa shape index (κ2) is 4.43. The Labute approximate surface area is 80.8 Å². The van der Waals surface area contributed by atoms with Gasteiger partial charge in [-0.1, -0.05) is 0 Å². The molecule has 2 N–H and O–H groups in total. The zero-order valence-corrected chi connectivity index (χ0v) is 8.37. The molecule has 2 atom stereocenters. The van der Waals surface area contributed by atoms with E-state index in [1.54, 1.807) is 0 Å². The number of rotatable bonds is 3. The minimum absolute atomic E-state index is 0.528. The van der Waals surface area contributed by atoms with Crippen LogP contribution in [-0.4, -0.2) is 19.3 Å². The smallest absolute Gasteiger partial charge is 0.0468 e. The molecule has 0 bridgehead atoms. The first kappa shape index (κ1) is 9.47. The van der Waals surface area contributed by atoms with Crippen molar-refractivity contribution < 1.29 is 4.74 Å². The van der Waals surface area contributed by atoms with E-state index in [9.17, 15) is 0 Å². The maximum absolute atomic E-state index is 5.91. The summed E-state index contributed by atoms with van der Waals surface area (Å²) in [7, 11) is 0. The number of ether oxygens (including phenoxy) is 1. The van der Waals surface area contributed by atoms with E-state index in [0.29, 0.717) is 6.04 Å². The van der Waals surface area contributed by atoms with E-state index in [4.69, 9.17) is 10.5 Å². The first-order valence-electron chi connectivity index (χ1n) is 5.69. The highest BCUT2D eigenvalue weighted by atomic mass is 16.5. The minimum atomic E-state index is 0.528. The summed E-state index contributed by atoms with van der Waals surface area (Å²) in [6.45, 7) is 1.97. The number of hydrogen-bond acceptors (Lipinski definition) is 2. The van der Waals surface area contributed by atoms with Crippen LogP contribution in [0.5, 0.6) is 0 Å². The third-order valence-corrected chi connectivity index (χ3v) is 3.76. The maximum atomic E-state index is 5.91. The molecule has 2 fully saturated rings. The average Bonchev–Trinajstić information content (AvgIpc) is 2.17. The number of nitrogens with two attached hydrogens (primary N) is 1. The van der Waals surface area contributed by atoms with Crippen molar-refractivity contribution in [2.75, 3.05) is 13.2 Å². The topological polar surface area (TPSA) is 35.2 Å². The molecule has 0 spiro atoms. The average molecular weight is 183 g/mol. The van der Waals surface area contributed by atoms with Crippen molar-refractivity contribution in [1.82, 2.24) is 0 Å². The molecular weight excluding hydrogens is 162 g/mol. The van der Waals surface area contributed by atoms with E-state index < -0.39 is 0 Å². The molecule has 2 nitrogen and oxygen atoms in total. The maximum Gasteiger partial charge on any atom is 0.0468 e. The molecule has 1 saturated carbocycles. The van der Waals surface area contributed by atoms with Gasteiger partial charge in [0.05, 0.1) is 0 Å². The van der Waals surface area contributed by atoms with Crippen LogP contribution in [0, 0.1) is 11.8 Å². The van der Waals surface area contributed by atoms with Crippen molar-refractivity contribution in [1.29, 1.82) is 0 Å². The van der Waals surface area contributed by atoms with Gasteiger partial charge >= 0.3 is 0 Å². The largest absolute Gasteiger partial charge is 0.381 e. The van der Waals surface area contributed by atoms with Crippen LogP contribution in [0.4, 0.5) is 0 Å². The Balaban J connectivity index is 1.61. The lowest BCUT2D eigenvalue weighted by molar-refractivity contribution is 0.0594. The highest BCUT2D eigenvalue weighted by molar-refractivity contribution is 4.84. The molecule has 0 radical (unpaired) electrons. The quantitative estimate of drug-likeness (QED) is 0.725. The Morgan fingerprint density at radius 1 is 1.00 bits per heavy atom. The van der Waals surface area contributed by atoms with Crippen LogP contribution in [0.3, 0.4) is 0 Å². The van der Waals surface area contributed by atoms with Crippen molar-refractivity contribution >= 4 is 0 Å². The predicted octanol–water partition coefficient (Wildman–Crippen LogP) is 1.93. The van der Waals surface area contributed by atoms with Crippen molar-refractivity contribution in [3.8, 4) is 0 Å². The summed E-state index contributed by atoms with van der Waals surface area (Å²) in [6, 6.07) is 0.528. The van der Waals surface area contributed by atoms with Crippen molar-refractivity contribution in [2.24, 2.45) is 17.6 Å². The standard InChI is InChI=1S/C11H21NO/c12-11-4-3-10(11)2-1-9-5-7-13-8-6-9/h9-11H,1-8,12H2. The van der Waals surface area contributed by atoms with Crippen LogP contribution < -0.4 is 5.73 Å². The summed E-state index contributed by atoms with van der Waals surface area (Å²) >= 11 is 0. The van der Waals surface area contributed by atoms with Crippen LogP contribution in [0.25, 0.3) is 0 Å². The van der Waals surface area contributed by atoms with E-state index in [1.165, 1.54) is 38.5 Å². The molecule has 2 heteroatoms.